The van der Waals surface area contributed by atoms with Gasteiger partial charge in [0.1, 0.15) is 17.5 Å². The molecule has 11 heteroatoms. The third-order valence-corrected chi connectivity index (χ3v) is 7.07. The Bertz CT molecular complexity index is 1210. The standard InChI is InChI=1S/C21H22N4O6S/c1-29-15-8-10-17(11-9-15)32(27,28)25-12-4-7-18(25)19(26)22-21-24-23-20(31-21)14-5-3-6-16(13-14)30-2/h3,5-6,8-11,13,18H,4,7,12H2,1-2H3,(H,22,24,26)/t18-/m0/s1. The minimum Gasteiger partial charge on any atom is -0.497 e. The molecular formula is C21H22N4O6S. The van der Waals surface area contributed by atoms with Gasteiger partial charge in [0.05, 0.1) is 19.1 Å². The second kappa shape index (κ2) is 8.97. The van der Waals surface area contributed by atoms with Crippen molar-refractivity contribution < 1.29 is 27.1 Å². The Labute approximate surface area is 185 Å². The smallest absolute Gasteiger partial charge is 0.322 e. The molecule has 32 heavy (non-hydrogen) atoms. The zero-order chi connectivity index (χ0) is 22.7. The van der Waals surface area contributed by atoms with Crippen LogP contribution in [-0.4, -0.2) is 55.6 Å². The molecule has 2 aromatic carbocycles. The summed E-state index contributed by atoms with van der Waals surface area (Å²) >= 11 is 0. The number of ether oxygens (including phenoxy) is 2. The monoisotopic (exact) mass is 458 g/mol. The first kappa shape index (κ1) is 21.8. The number of methoxy groups -OCH3 is 2. The molecule has 1 aliphatic rings. The summed E-state index contributed by atoms with van der Waals surface area (Å²) in [6.45, 7) is 0.241. The average molecular weight is 458 g/mol. The van der Waals surface area contributed by atoms with Crippen LogP contribution in [0.4, 0.5) is 6.01 Å². The van der Waals surface area contributed by atoms with Crippen LogP contribution in [0.2, 0.25) is 0 Å². The van der Waals surface area contributed by atoms with E-state index in [0.717, 1.165) is 0 Å². The first-order valence-electron chi connectivity index (χ1n) is 9.87. The molecule has 4 rings (SSSR count). The van der Waals surface area contributed by atoms with Crippen molar-refractivity contribution in [3.8, 4) is 23.0 Å². The van der Waals surface area contributed by atoms with Crippen LogP contribution in [0.25, 0.3) is 11.5 Å². The van der Waals surface area contributed by atoms with Crippen molar-refractivity contribution in [1.82, 2.24) is 14.5 Å². The maximum atomic E-state index is 13.1. The summed E-state index contributed by atoms with van der Waals surface area (Å²) in [5.41, 5.74) is 0.627. The Morgan fingerprint density at radius 3 is 2.56 bits per heavy atom. The molecule has 1 saturated heterocycles. The summed E-state index contributed by atoms with van der Waals surface area (Å²) in [5.74, 6) is 0.841. The van der Waals surface area contributed by atoms with E-state index in [1.807, 2.05) is 0 Å². The fraction of sp³-hybridized carbons (Fsp3) is 0.286. The van der Waals surface area contributed by atoms with Crippen LogP contribution in [0.1, 0.15) is 12.8 Å². The van der Waals surface area contributed by atoms with Crippen LogP contribution in [0, 0.1) is 0 Å². The molecule has 0 unspecified atom stereocenters. The maximum Gasteiger partial charge on any atom is 0.322 e. The van der Waals surface area contributed by atoms with Crippen molar-refractivity contribution in [2.45, 2.75) is 23.8 Å². The molecule has 0 spiro atoms. The first-order valence-corrected chi connectivity index (χ1v) is 11.3. The average Bonchev–Trinajstić information content (AvgIpc) is 3.49. The molecule has 1 aliphatic heterocycles. The van der Waals surface area contributed by atoms with Crippen LogP contribution < -0.4 is 14.8 Å². The van der Waals surface area contributed by atoms with Crippen molar-refractivity contribution in [3.05, 3.63) is 48.5 Å². The van der Waals surface area contributed by atoms with Gasteiger partial charge in [-0.05, 0) is 55.3 Å². The molecular weight excluding hydrogens is 436 g/mol. The summed E-state index contributed by atoms with van der Waals surface area (Å²) in [7, 11) is -0.810. The largest absolute Gasteiger partial charge is 0.497 e. The second-order valence-electron chi connectivity index (χ2n) is 7.08. The Hall–Kier alpha value is -3.44. The minimum absolute atomic E-state index is 0.0936. The number of sulfonamides is 1. The van der Waals surface area contributed by atoms with Gasteiger partial charge in [-0.1, -0.05) is 11.2 Å². The molecule has 2 heterocycles. The molecule has 1 fully saturated rings. The summed E-state index contributed by atoms with van der Waals surface area (Å²) in [6.07, 6.45) is 0.949. The number of hydrogen-bond acceptors (Lipinski definition) is 8. The van der Waals surface area contributed by atoms with Gasteiger partial charge in [-0.15, -0.1) is 5.10 Å². The van der Waals surface area contributed by atoms with E-state index in [1.165, 1.54) is 23.5 Å². The first-order chi connectivity index (χ1) is 15.4. The number of hydrogen-bond donors (Lipinski definition) is 1. The van der Waals surface area contributed by atoms with E-state index in [2.05, 4.69) is 15.5 Å². The fourth-order valence-corrected chi connectivity index (χ4v) is 5.16. The highest BCUT2D eigenvalue weighted by molar-refractivity contribution is 7.89. The topological polar surface area (TPSA) is 124 Å². The molecule has 0 saturated carbocycles. The molecule has 168 valence electrons. The number of carbonyl (C=O) groups is 1. The Balaban J connectivity index is 1.50. The molecule has 1 amide bonds. The van der Waals surface area contributed by atoms with Crippen molar-refractivity contribution in [2.75, 3.05) is 26.1 Å². The number of nitrogens with one attached hydrogen (secondary N) is 1. The fourth-order valence-electron chi connectivity index (χ4n) is 3.51. The molecule has 1 atom stereocenters. The van der Waals surface area contributed by atoms with Gasteiger partial charge < -0.3 is 13.9 Å². The molecule has 1 N–H and O–H groups in total. The second-order valence-corrected chi connectivity index (χ2v) is 8.97. The third-order valence-electron chi connectivity index (χ3n) is 5.14. The zero-order valence-corrected chi connectivity index (χ0v) is 18.3. The van der Waals surface area contributed by atoms with E-state index < -0.39 is 22.0 Å². The van der Waals surface area contributed by atoms with Crippen LogP contribution in [-0.2, 0) is 14.8 Å². The Morgan fingerprint density at radius 2 is 1.84 bits per heavy atom. The zero-order valence-electron chi connectivity index (χ0n) is 17.5. The van der Waals surface area contributed by atoms with Gasteiger partial charge >= 0.3 is 6.01 Å². The quantitative estimate of drug-likeness (QED) is 0.573. The van der Waals surface area contributed by atoms with Gasteiger partial charge in [-0.25, -0.2) is 8.42 Å². The number of rotatable bonds is 7. The van der Waals surface area contributed by atoms with Gasteiger partial charge in [-0.2, -0.15) is 4.31 Å². The molecule has 10 nitrogen and oxygen atoms in total. The third kappa shape index (κ3) is 4.30. The lowest BCUT2D eigenvalue weighted by Crippen LogP contribution is -2.43. The highest BCUT2D eigenvalue weighted by Crippen LogP contribution is 2.29. The Kier molecular flexibility index (Phi) is 6.10. The number of carbonyl (C=O) groups excluding carboxylic acids is 1. The van der Waals surface area contributed by atoms with E-state index in [4.69, 9.17) is 13.9 Å². The number of aromatic nitrogens is 2. The predicted octanol–water partition coefficient (Wildman–Crippen LogP) is 2.55. The molecule has 0 radical (unpaired) electrons. The van der Waals surface area contributed by atoms with E-state index in [1.54, 1.807) is 43.5 Å². The normalized spacial score (nSPS) is 16.6. The van der Waals surface area contributed by atoms with E-state index >= 15 is 0 Å². The SMILES string of the molecule is COc1ccc(S(=O)(=O)N2CCC[C@H]2C(=O)Nc2nnc(-c3cccc(OC)c3)o2)cc1. The number of amides is 1. The van der Waals surface area contributed by atoms with Gasteiger partial charge in [0, 0.05) is 12.1 Å². The highest BCUT2D eigenvalue weighted by atomic mass is 32.2. The summed E-state index contributed by atoms with van der Waals surface area (Å²) in [5, 5.41) is 10.3. The molecule has 0 bridgehead atoms. The van der Waals surface area contributed by atoms with Crippen molar-refractivity contribution >= 4 is 21.9 Å². The number of nitrogens with zero attached hydrogens (tertiary/aromatic N) is 3. The highest BCUT2D eigenvalue weighted by Gasteiger charge is 2.40. The molecule has 3 aromatic rings. The van der Waals surface area contributed by atoms with Crippen molar-refractivity contribution in [2.24, 2.45) is 0 Å². The summed E-state index contributed by atoms with van der Waals surface area (Å²) < 4.78 is 43.2. The van der Waals surface area contributed by atoms with E-state index in [0.29, 0.717) is 29.9 Å². The van der Waals surface area contributed by atoms with Crippen LogP contribution in [0.15, 0.2) is 57.8 Å². The van der Waals surface area contributed by atoms with E-state index in [9.17, 15) is 13.2 Å². The van der Waals surface area contributed by atoms with Gasteiger partial charge in [0.25, 0.3) is 0 Å². The van der Waals surface area contributed by atoms with Crippen LogP contribution >= 0.6 is 0 Å². The number of benzene rings is 2. The lowest BCUT2D eigenvalue weighted by molar-refractivity contribution is -0.119. The lowest BCUT2D eigenvalue weighted by atomic mass is 10.2. The molecule has 0 aliphatic carbocycles. The van der Waals surface area contributed by atoms with Gasteiger partial charge in [-0.3, -0.25) is 10.1 Å². The Morgan fingerprint density at radius 1 is 1.09 bits per heavy atom. The lowest BCUT2D eigenvalue weighted by Gasteiger charge is -2.22. The maximum absolute atomic E-state index is 13.1. The summed E-state index contributed by atoms with van der Waals surface area (Å²) in [4.78, 5) is 13.0. The van der Waals surface area contributed by atoms with Crippen molar-refractivity contribution in [3.63, 3.8) is 0 Å². The van der Waals surface area contributed by atoms with Gasteiger partial charge in [0.15, 0.2) is 0 Å². The summed E-state index contributed by atoms with van der Waals surface area (Å²) in [6, 6.07) is 12.1. The van der Waals surface area contributed by atoms with Crippen LogP contribution in [0.3, 0.4) is 0 Å². The molecule has 1 aromatic heterocycles. The van der Waals surface area contributed by atoms with Crippen molar-refractivity contribution in [1.29, 1.82) is 0 Å². The van der Waals surface area contributed by atoms with Gasteiger partial charge in [0.2, 0.25) is 21.8 Å². The van der Waals surface area contributed by atoms with Crippen LogP contribution in [0.5, 0.6) is 11.5 Å². The van der Waals surface area contributed by atoms with E-state index in [-0.39, 0.29) is 23.3 Å². The number of anilines is 1. The minimum atomic E-state index is -3.86. The predicted molar refractivity (Wildman–Crippen MR) is 115 cm³/mol.